The van der Waals surface area contributed by atoms with Gasteiger partial charge in [-0.2, -0.15) is 0 Å². The minimum Gasteiger partial charge on any atom is -0.496 e. The molecule has 0 aliphatic carbocycles. The molecule has 23 heavy (non-hydrogen) atoms. The van der Waals surface area contributed by atoms with E-state index in [0.717, 1.165) is 10.9 Å². The van der Waals surface area contributed by atoms with Crippen molar-refractivity contribution in [1.29, 1.82) is 0 Å². The second-order valence-corrected chi connectivity index (χ2v) is 5.54. The van der Waals surface area contributed by atoms with Gasteiger partial charge in [-0.1, -0.05) is 29.8 Å². The first-order valence-corrected chi connectivity index (χ1v) is 7.47. The smallest absolute Gasteiger partial charge is 0.255 e. The maximum atomic E-state index is 12.5. The van der Waals surface area contributed by atoms with Crippen LogP contribution in [0.3, 0.4) is 0 Å². The van der Waals surface area contributed by atoms with Crippen molar-refractivity contribution in [1.82, 2.24) is 4.98 Å². The number of anilines is 1. The molecule has 0 radical (unpaired) electrons. The predicted molar refractivity (Wildman–Crippen MR) is 92.4 cm³/mol. The summed E-state index contributed by atoms with van der Waals surface area (Å²) in [5, 5.41) is 4.26. The molecular weight excluding hydrogens is 312 g/mol. The van der Waals surface area contributed by atoms with Gasteiger partial charge in [0.15, 0.2) is 0 Å². The number of aromatic nitrogens is 1. The van der Waals surface area contributed by atoms with Crippen molar-refractivity contribution in [3.63, 3.8) is 0 Å². The lowest BCUT2D eigenvalue weighted by Crippen LogP contribution is -2.12. The molecule has 116 valence electrons. The molecule has 0 aliphatic heterocycles. The summed E-state index contributed by atoms with van der Waals surface area (Å²) in [4.78, 5) is 16.8. The van der Waals surface area contributed by atoms with Crippen LogP contribution >= 0.6 is 11.6 Å². The van der Waals surface area contributed by atoms with E-state index in [1.54, 1.807) is 37.6 Å². The molecule has 0 bridgehead atoms. The highest BCUT2D eigenvalue weighted by Crippen LogP contribution is 2.27. The van der Waals surface area contributed by atoms with Gasteiger partial charge >= 0.3 is 0 Å². The van der Waals surface area contributed by atoms with Crippen LogP contribution in [0.15, 0.2) is 48.7 Å². The van der Waals surface area contributed by atoms with Crippen LogP contribution in [0.4, 0.5) is 5.69 Å². The quantitative estimate of drug-likeness (QED) is 0.773. The third-order valence-corrected chi connectivity index (χ3v) is 3.95. The number of pyridine rings is 1. The van der Waals surface area contributed by atoms with Gasteiger partial charge in [-0.15, -0.1) is 0 Å². The van der Waals surface area contributed by atoms with E-state index in [2.05, 4.69) is 10.3 Å². The number of rotatable bonds is 3. The van der Waals surface area contributed by atoms with E-state index >= 15 is 0 Å². The Kier molecular flexibility index (Phi) is 4.17. The normalized spacial score (nSPS) is 10.6. The number of methoxy groups -OCH3 is 1. The van der Waals surface area contributed by atoms with Gasteiger partial charge < -0.3 is 10.1 Å². The SMILES string of the molecule is COc1cc(C(=O)Nc2ccnc3c(Cl)cccc23)ccc1C. The van der Waals surface area contributed by atoms with Crippen LogP contribution in [0.25, 0.3) is 10.9 Å². The van der Waals surface area contributed by atoms with E-state index in [1.807, 2.05) is 25.1 Å². The molecule has 5 heteroatoms. The van der Waals surface area contributed by atoms with E-state index in [1.165, 1.54) is 0 Å². The number of amides is 1. The highest BCUT2D eigenvalue weighted by molar-refractivity contribution is 6.35. The lowest BCUT2D eigenvalue weighted by atomic mass is 10.1. The van der Waals surface area contributed by atoms with Crippen molar-refractivity contribution < 1.29 is 9.53 Å². The standard InChI is InChI=1S/C18H15ClN2O2/c1-11-6-7-12(10-16(11)23-2)18(22)21-15-8-9-20-17-13(15)4-3-5-14(17)19/h3-10H,1-2H3,(H,20,21,22). The Morgan fingerprint density at radius 3 is 2.83 bits per heavy atom. The maximum Gasteiger partial charge on any atom is 0.255 e. The van der Waals surface area contributed by atoms with E-state index in [9.17, 15) is 4.79 Å². The summed E-state index contributed by atoms with van der Waals surface area (Å²) < 4.78 is 5.26. The van der Waals surface area contributed by atoms with Gasteiger partial charge in [-0.3, -0.25) is 9.78 Å². The van der Waals surface area contributed by atoms with Gasteiger partial charge in [0.1, 0.15) is 5.75 Å². The van der Waals surface area contributed by atoms with Gasteiger partial charge in [0, 0.05) is 17.1 Å². The number of hydrogen-bond donors (Lipinski definition) is 1. The van der Waals surface area contributed by atoms with Gasteiger partial charge in [0.05, 0.1) is 23.3 Å². The molecule has 0 atom stereocenters. The molecule has 2 aromatic carbocycles. The fourth-order valence-corrected chi connectivity index (χ4v) is 2.63. The highest BCUT2D eigenvalue weighted by atomic mass is 35.5. The first kappa shape index (κ1) is 15.3. The van der Waals surface area contributed by atoms with E-state index in [0.29, 0.717) is 27.5 Å². The van der Waals surface area contributed by atoms with Crippen LogP contribution in [-0.2, 0) is 0 Å². The molecule has 1 heterocycles. The number of benzene rings is 2. The van der Waals surface area contributed by atoms with E-state index in [4.69, 9.17) is 16.3 Å². The summed E-state index contributed by atoms with van der Waals surface area (Å²) in [6.45, 7) is 1.93. The van der Waals surface area contributed by atoms with Gasteiger partial charge in [0.25, 0.3) is 5.91 Å². The Morgan fingerprint density at radius 2 is 2.04 bits per heavy atom. The zero-order valence-corrected chi connectivity index (χ0v) is 13.5. The lowest BCUT2D eigenvalue weighted by molar-refractivity contribution is 0.102. The number of aryl methyl sites for hydroxylation is 1. The topological polar surface area (TPSA) is 51.2 Å². The van der Waals surface area contributed by atoms with Gasteiger partial charge in [-0.05, 0) is 36.8 Å². The molecular formula is C18H15ClN2O2. The van der Waals surface area contributed by atoms with Crippen molar-refractivity contribution in [2.75, 3.05) is 12.4 Å². The molecule has 0 fully saturated rings. The number of carbonyl (C=O) groups is 1. The average Bonchev–Trinajstić information content (AvgIpc) is 2.56. The van der Waals surface area contributed by atoms with E-state index < -0.39 is 0 Å². The highest BCUT2D eigenvalue weighted by Gasteiger charge is 2.11. The molecule has 1 N–H and O–H groups in total. The predicted octanol–water partition coefficient (Wildman–Crippen LogP) is 4.46. The molecule has 0 saturated heterocycles. The second kappa shape index (κ2) is 6.26. The number of carbonyl (C=O) groups excluding carboxylic acids is 1. The summed E-state index contributed by atoms with van der Waals surface area (Å²) in [5.74, 6) is 0.469. The van der Waals surface area contributed by atoms with Crippen molar-refractivity contribution in [2.24, 2.45) is 0 Å². The Hall–Kier alpha value is -2.59. The Labute approximate surface area is 139 Å². The largest absolute Gasteiger partial charge is 0.496 e. The molecule has 0 spiro atoms. The van der Waals surface area contributed by atoms with Gasteiger partial charge in [-0.25, -0.2) is 0 Å². The summed E-state index contributed by atoms with van der Waals surface area (Å²) in [6, 6.07) is 12.6. The van der Waals surface area contributed by atoms with Gasteiger partial charge in [0.2, 0.25) is 0 Å². The van der Waals surface area contributed by atoms with Crippen molar-refractivity contribution in [3.05, 3.63) is 64.8 Å². The van der Waals surface area contributed by atoms with Crippen molar-refractivity contribution >= 4 is 34.1 Å². The molecule has 0 saturated carbocycles. The maximum absolute atomic E-state index is 12.5. The summed E-state index contributed by atoms with van der Waals surface area (Å²) in [7, 11) is 1.59. The summed E-state index contributed by atoms with van der Waals surface area (Å²) in [5.41, 5.74) is 2.83. The molecule has 4 nitrogen and oxygen atoms in total. The zero-order valence-electron chi connectivity index (χ0n) is 12.8. The van der Waals surface area contributed by atoms with Crippen molar-refractivity contribution in [3.8, 4) is 5.75 Å². The number of halogens is 1. The third kappa shape index (κ3) is 2.98. The van der Waals surface area contributed by atoms with E-state index in [-0.39, 0.29) is 5.91 Å². The molecule has 0 unspecified atom stereocenters. The number of para-hydroxylation sites is 1. The monoisotopic (exact) mass is 326 g/mol. The molecule has 1 aromatic heterocycles. The molecule has 3 rings (SSSR count). The first-order valence-electron chi connectivity index (χ1n) is 7.09. The van der Waals surface area contributed by atoms with Crippen LogP contribution in [0.1, 0.15) is 15.9 Å². The van der Waals surface area contributed by atoms with Crippen LogP contribution < -0.4 is 10.1 Å². The minimum absolute atomic E-state index is 0.212. The zero-order chi connectivity index (χ0) is 16.4. The average molecular weight is 327 g/mol. The lowest BCUT2D eigenvalue weighted by Gasteiger charge is -2.10. The number of hydrogen-bond acceptors (Lipinski definition) is 3. The van der Waals surface area contributed by atoms with Crippen LogP contribution in [0.5, 0.6) is 5.75 Å². The second-order valence-electron chi connectivity index (χ2n) is 5.13. The molecule has 1 amide bonds. The Balaban J connectivity index is 1.96. The fourth-order valence-electron chi connectivity index (χ4n) is 2.40. The fraction of sp³-hybridized carbons (Fsp3) is 0.111. The van der Waals surface area contributed by atoms with Crippen LogP contribution in [0, 0.1) is 6.92 Å². The Morgan fingerprint density at radius 1 is 1.22 bits per heavy atom. The van der Waals surface area contributed by atoms with Crippen LogP contribution in [0.2, 0.25) is 5.02 Å². The number of nitrogens with zero attached hydrogens (tertiary/aromatic N) is 1. The van der Waals surface area contributed by atoms with Crippen molar-refractivity contribution in [2.45, 2.75) is 6.92 Å². The Bertz CT molecular complexity index is 893. The first-order chi connectivity index (χ1) is 11.1. The number of fused-ring (bicyclic) bond motifs is 1. The number of nitrogens with one attached hydrogen (secondary N) is 1. The minimum atomic E-state index is -0.212. The number of ether oxygens (including phenoxy) is 1. The summed E-state index contributed by atoms with van der Waals surface area (Å²) >= 11 is 6.15. The molecule has 3 aromatic rings. The van der Waals surface area contributed by atoms with Crippen LogP contribution in [-0.4, -0.2) is 18.0 Å². The summed E-state index contributed by atoms with van der Waals surface area (Å²) in [6.07, 6.45) is 1.62. The molecule has 0 aliphatic rings. The third-order valence-electron chi connectivity index (χ3n) is 3.64.